The monoisotopic (exact) mass is 359 g/mol. The summed E-state index contributed by atoms with van der Waals surface area (Å²) in [7, 11) is 0. The Morgan fingerprint density at radius 3 is 2.15 bits per heavy atom. The lowest BCUT2D eigenvalue weighted by molar-refractivity contribution is 0.589. The van der Waals surface area contributed by atoms with Crippen molar-refractivity contribution in [1.29, 1.82) is 0 Å². The van der Waals surface area contributed by atoms with Gasteiger partial charge in [0.15, 0.2) is 0 Å². The fraction of sp³-hybridized carbons (Fsp3) is 0.250. The van der Waals surface area contributed by atoms with E-state index in [0.717, 1.165) is 0 Å². The number of anilines is 2. The maximum atomic E-state index is 3.69. The Kier molecular flexibility index (Phi) is 4.11. The van der Waals surface area contributed by atoms with E-state index in [0.29, 0.717) is 0 Å². The first-order valence-electron chi connectivity index (χ1n) is 9.13. The fourth-order valence-corrected chi connectivity index (χ4v) is 4.71. The second kappa shape index (κ2) is 6.21. The van der Waals surface area contributed by atoms with Crippen LogP contribution in [0.15, 0.2) is 64.4 Å². The van der Waals surface area contributed by atoms with E-state index in [9.17, 15) is 0 Å². The molecule has 0 saturated carbocycles. The molecule has 4 rings (SSSR count). The minimum Gasteiger partial charge on any atom is -0.353 e. The molecule has 2 heteroatoms. The van der Waals surface area contributed by atoms with Crippen molar-refractivity contribution >= 4 is 23.1 Å². The zero-order valence-electron chi connectivity index (χ0n) is 16.1. The van der Waals surface area contributed by atoms with E-state index < -0.39 is 0 Å². The highest BCUT2D eigenvalue weighted by Crippen LogP contribution is 2.48. The van der Waals surface area contributed by atoms with Gasteiger partial charge in [0, 0.05) is 15.4 Å². The Hall–Kier alpha value is -2.19. The summed E-state index contributed by atoms with van der Waals surface area (Å²) in [6, 6.07) is 19.9. The molecule has 0 saturated heterocycles. The number of hydrogen-bond donors (Lipinski definition) is 1. The topological polar surface area (TPSA) is 12.0 Å². The number of para-hydroxylation sites is 2. The normalized spacial score (nSPS) is 13.0. The zero-order valence-corrected chi connectivity index (χ0v) is 16.9. The number of nitrogens with one attached hydrogen (secondary N) is 1. The summed E-state index contributed by atoms with van der Waals surface area (Å²) in [6.07, 6.45) is 0. The second-order valence-electron chi connectivity index (χ2n) is 8.14. The van der Waals surface area contributed by atoms with Crippen molar-refractivity contribution in [2.24, 2.45) is 0 Å². The van der Waals surface area contributed by atoms with E-state index in [1.54, 1.807) is 0 Å². The summed E-state index contributed by atoms with van der Waals surface area (Å²) < 4.78 is 0. The summed E-state index contributed by atoms with van der Waals surface area (Å²) in [5.74, 6) is 0. The molecule has 0 fully saturated rings. The van der Waals surface area contributed by atoms with E-state index >= 15 is 0 Å². The van der Waals surface area contributed by atoms with Gasteiger partial charge in [-0.2, -0.15) is 0 Å². The average molecular weight is 360 g/mol. The van der Waals surface area contributed by atoms with Crippen LogP contribution in [0.1, 0.15) is 37.5 Å². The molecule has 1 aliphatic rings. The lowest BCUT2D eigenvalue weighted by atomic mass is 9.82. The van der Waals surface area contributed by atoms with Crippen LogP contribution in [0, 0.1) is 13.8 Å². The number of rotatable bonds is 1. The molecule has 3 aromatic rings. The smallest absolute Gasteiger partial charge is 0.0606 e. The third-order valence-corrected chi connectivity index (χ3v) is 6.20. The van der Waals surface area contributed by atoms with Crippen molar-refractivity contribution in [2.45, 2.75) is 49.8 Å². The molecule has 0 atom stereocenters. The molecule has 132 valence electrons. The first-order valence-corrected chi connectivity index (χ1v) is 9.95. The third kappa shape index (κ3) is 2.93. The van der Waals surface area contributed by atoms with Gasteiger partial charge in [-0.1, -0.05) is 68.9 Å². The van der Waals surface area contributed by atoms with E-state index in [-0.39, 0.29) is 5.41 Å². The maximum Gasteiger partial charge on any atom is 0.0606 e. The van der Waals surface area contributed by atoms with E-state index in [1.165, 1.54) is 49.0 Å². The van der Waals surface area contributed by atoms with Crippen molar-refractivity contribution in [3.05, 3.63) is 71.3 Å². The van der Waals surface area contributed by atoms with Gasteiger partial charge in [-0.3, -0.25) is 0 Å². The number of benzene rings is 3. The van der Waals surface area contributed by atoms with Gasteiger partial charge >= 0.3 is 0 Å². The van der Waals surface area contributed by atoms with Crippen LogP contribution in [-0.2, 0) is 5.41 Å². The van der Waals surface area contributed by atoms with Crippen molar-refractivity contribution in [3.8, 4) is 11.1 Å². The van der Waals surface area contributed by atoms with E-state index in [2.05, 4.69) is 94.5 Å². The number of hydrogen-bond acceptors (Lipinski definition) is 2. The van der Waals surface area contributed by atoms with Crippen LogP contribution in [0.25, 0.3) is 11.1 Å². The van der Waals surface area contributed by atoms with Gasteiger partial charge in [-0.15, -0.1) is 0 Å². The van der Waals surface area contributed by atoms with Crippen LogP contribution in [0.5, 0.6) is 0 Å². The van der Waals surface area contributed by atoms with Crippen LogP contribution < -0.4 is 5.32 Å². The van der Waals surface area contributed by atoms with Gasteiger partial charge in [-0.05, 0) is 59.7 Å². The summed E-state index contributed by atoms with van der Waals surface area (Å²) in [5, 5.41) is 3.69. The van der Waals surface area contributed by atoms with Gasteiger partial charge in [0.05, 0.1) is 11.4 Å². The molecule has 26 heavy (non-hydrogen) atoms. The maximum absolute atomic E-state index is 3.69. The molecule has 0 amide bonds. The molecule has 0 aromatic heterocycles. The van der Waals surface area contributed by atoms with Crippen LogP contribution in [-0.4, -0.2) is 0 Å². The molecule has 1 N–H and O–H groups in total. The molecule has 0 unspecified atom stereocenters. The minimum atomic E-state index is 0.164. The van der Waals surface area contributed by atoms with Gasteiger partial charge in [-0.25, -0.2) is 0 Å². The molecule has 0 radical (unpaired) electrons. The second-order valence-corrected chi connectivity index (χ2v) is 9.22. The molecular formula is C24H25NS. The summed E-state index contributed by atoms with van der Waals surface area (Å²) in [5.41, 5.74) is 9.31. The highest BCUT2D eigenvalue weighted by Gasteiger charge is 2.22. The molecule has 0 bridgehead atoms. The predicted molar refractivity (Wildman–Crippen MR) is 114 cm³/mol. The first kappa shape index (κ1) is 17.2. The Bertz CT molecular complexity index is 972. The standard InChI is InChI=1S/C24H25NS/c1-15-13-17(24(3,4)5)14-16(2)22(15)18-9-8-12-21-23(18)25-19-10-6-7-11-20(19)26-21/h6-14,25H,1-5H3. The fourth-order valence-electron chi connectivity index (χ4n) is 3.69. The quantitative estimate of drug-likeness (QED) is 0.378. The SMILES string of the molecule is Cc1cc(C(C)(C)C)cc(C)c1-c1cccc2c1Nc1ccccc1S2. The molecule has 1 nitrogen and oxygen atoms in total. The summed E-state index contributed by atoms with van der Waals surface area (Å²) in [4.78, 5) is 2.58. The van der Waals surface area contributed by atoms with Crippen molar-refractivity contribution < 1.29 is 0 Å². The minimum absolute atomic E-state index is 0.164. The van der Waals surface area contributed by atoms with Crippen molar-refractivity contribution in [2.75, 3.05) is 5.32 Å². The van der Waals surface area contributed by atoms with Gasteiger partial charge in [0.25, 0.3) is 0 Å². The Morgan fingerprint density at radius 1 is 0.808 bits per heavy atom. The van der Waals surface area contributed by atoms with Gasteiger partial charge < -0.3 is 5.32 Å². The van der Waals surface area contributed by atoms with Crippen molar-refractivity contribution in [1.82, 2.24) is 0 Å². The molecule has 0 aliphatic carbocycles. The lowest BCUT2D eigenvalue weighted by Gasteiger charge is -2.26. The Balaban J connectivity index is 1.87. The van der Waals surface area contributed by atoms with Crippen LogP contribution in [0.4, 0.5) is 11.4 Å². The average Bonchev–Trinajstić information content (AvgIpc) is 2.59. The van der Waals surface area contributed by atoms with Gasteiger partial charge in [0.2, 0.25) is 0 Å². The number of aryl methyl sites for hydroxylation is 2. The zero-order chi connectivity index (χ0) is 18.5. The Morgan fingerprint density at radius 2 is 1.46 bits per heavy atom. The highest BCUT2D eigenvalue weighted by atomic mass is 32.2. The Labute approximate surface area is 160 Å². The molecular weight excluding hydrogens is 334 g/mol. The lowest BCUT2D eigenvalue weighted by Crippen LogP contribution is -2.12. The molecule has 0 spiro atoms. The molecule has 3 aromatic carbocycles. The predicted octanol–water partition coefficient (Wildman–Crippen LogP) is 7.48. The largest absolute Gasteiger partial charge is 0.353 e. The molecule has 1 aliphatic heterocycles. The van der Waals surface area contributed by atoms with E-state index in [1.807, 2.05) is 11.8 Å². The third-order valence-electron chi connectivity index (χ3n) is 5.06. The van der Waals surface area contributed by atoms with Crippen molar-refractivity contribution in [3.63, 3.8) is 0 Å². The number of fused-ring (bicyclic) bond motifs is 2. The van der Waals surface area contributed by atoms with Crippen LogP contribution in [0.2, 0.25) is 0 Å². The van der Waals surface area contributed by atoms with E-state index in [4.69, 9.17) is 0 Å². The summed E-state index contributed by atoms with van der Waals surface area (Å²) in [6.45, 7) is 11.3. The summed E-state index contributed by atoms with van der Waals surface area (Å²) >= 11 is 1.85. The van der Waals surface area contributed by atoms with Crippen LogP contribution >= 0.6 is 11.8 Å². The molecule has 1 heterocycles. The van der Waals surface area contributed by atoms with Gasteiger partial charge in [0.1, 0.15) is 0 Å². The highest BCUT2D eigenvalue weighted by molar-refractivity contribution is 7.99. The van der Waals surface area contributed by atoms with Crippen LogP contribution in [0.3, 0.4) is 0 Å². The first-order chi connectivity index (χ1) is 12.3.